The lowest BCUT2D eigenvalue weighted by Gasteiger charge is -2.09. The first-order chi connectivity index (χ1) is 4.25. The molecule has 0 aliphatic carbocycles. The van der Waals surface area contributed by atoms with Crippen LogP contribution in [0.3, 0.4) is 0 Å². The molecule has 1 rings (SSSR count). The van der Waals surface area contributed by atoms with Crippen LogP contribution in [0.5, 0.6) is 0 Å². The van der Waals surface area contributed by atoms with Crippen LogP contribution in [0.1, 0.15) is 0 Å². The Kier molecular flexibility index (Phi) is 2.00. The number of alkyl halides is 1. The van der Waals surface area contributed by atoms with Gasteiger partial charge in [0.1, 0.15) is 12.2 Å². The second kappa shape index (κ2) is 2.60. The highest BCUT2D eigenvalue weighted by Gasteiger charge is 2.35. The molecule has 0 saturated carbocycles. The third kappa shape index (κ3) is 1.20. The van der Waals surface area contributed by atoms with Crippen molar-refractivity contribution < 1.29 is 19.3 Å². The van der Waals surface area contributed by atoms with E-state index in [4.69, 9.17) is 10.2 Å². The fraction of sp³-hybridized carbons (Fsp3) is 1.00. The number of hydrogen-bond donors (Lipinski definition) is 2. The van der Waals surface area contributed by atoms with Gasteiger partial charge in [-0.3, -0.25) is 0 Å². The quantitative estimate of drug-likeness (QED) is 0.490. The Bertz CT molecular complexity index is 98.2. The molecule has 1 aliphatic rings. The summed E-state index contributed by atoms with van der Waals surface area (Å²) in [5.74, 6) is 0. The molecule has 0 aromatic rings. The molecule has 1 aliphatic heterocycles. The van der Waals surface area contributed by atoms with Crippen LogP contribution in [0.15, 0.2) is 0 Å². The Labute approximate surface area is 52.1 Å². The molecule has 3 atom stereocenters. The smallest absolute Gasteiger partial charge is 0.152 e. The van der Waals surface area contributed by atoms with Crippen LogP contribution in [-0.4, -0.2) is 41.8 Å². The van der Waals surface area contributed by atoms with Crippen molar-refractivity contribution in [1.82, 2.24) is 0 Å². The van der Waals surface area contributed by atoms with Crippen molar-refractivity contribution in [1.29, 1.82) is 0 Å². The molecular formula is C5H9FO3. The first-order valence-corrected chi connectivity index (χ1v) is 2.80. The lowest BCUT2D eigenvalue weighted by molar-refractivity contribution is 0.000304. The molecule has 9 heavy (non-hydrogen) atoms. The number of rotatable bonds is 1. The molecule has 0 spiro atoms. The normalized spacial score (nSPS) is 43.7. The van der Waals surface area contributed by atoms with E-state index in [9.17, 15) is 4.39 Å². The summed E-state index contributed by atoms with van der Waals surface area (Å²) in [6.07, 6.45) is -3.20. The van der Waals surface area contributed by atoms with Gasteiger partial charge >= 0.3 is 0 Å². The highest BCUT2D eigenvalue weighted by Crippen LogP contribution is 2.15. The third-order valence-corrected chi connectivity index (χ3v) is 1.40. The molecule has 1 saturated heterocycles. The van der Waals surface area contributed by atoms with Crippen LogP contribution >= 0.6 is 0 Å². The van der Waals surface area contributed by atoms with E-state index in [2.05, 4.69) is 4.74 Å². The minimum absolute atomic E-state index is 0.105. The molecule has 0 aromatic carbocycles. The summed E-state index contributed by atoms with van der Waals surface area (Å²) in [5.41, 5.74) is 0. The lowest BCUT2D eigenvalue weighted by atomic mass is 10.2. The zero-order chi connectivity index (χ0) is 6.85. The second-order valence-corrected chi connectivity index (χ2v) is 2.06. The fourth-order valence-corrected chi connectivity index (χ4v) is 0.806. The molecule has 0 radical (unpaired) electrons. The summed E-state index contributed by atoms with van der Waals surface area (Å²) in [4.78, 5) is 0. The topological polar surface area (TPSA) is 49.7 Å². The van der Waals surface area contributed by atoms with Gasteiger partial charge in [0.2, 0.25) is 0 Å². The SMILES string of the molecule is OCC1OCC(F)[C@@H]1O. The van der Waals surface area contributed by atoms with Crippen LogP contribution in [0, 0.1) is 0 Å². The van der Waals surface area contributed by atoms with E-state index in [1.807, 2.05) is 0 Å². The monoisotopic (exact) mass is 136 g/mol. The Balaban J connectivity index is 2.41. The number of aliphatic hydroxyl groups is 2. The van der Waals surface area contributed by atoms with Crippen LogP contribution < -0.4 is 0 Å². The van der Waals surface area contributed by atoms with Crippen molar-refractivity contribution in [2.24, 2.45) is 0 Å². The maximum absolute atomic E-state index is 12.3. The van der Waals surface area contributed by atoms with E-state index >= 15 is 0 Å². The van der Waals surface area contributed by atoms with Crippen LogP contribution in [-0.2, 0) is 4.74 Å². The second-order valence-electron chi connectivity index (χ2n) is 2.06. The minimum atomic E-state index is -1.33. The Morgan fingerprint density at radius 3 is 2.56 bits per heavy atom. The van der Waals surface area contributed by atoms with Crippen molar-refractivity contribution in [3.8, 4) is 0 Å². The van der Waals surface area contributed by atoms with Crippen molar-refractivity contribution in [3.63, 3.8) is 0 Å². The summed E-state index contributed by atoms with van der Waals surface area (Å²) < 4.78 is 16.9. The molecular weight excluding hydrogens is 127 g/mol. The molecule has 0 aromatic heterocycles. The highest BCUT2D eigenvalue weighted by molar-refractivity contribution is 4.82. The predicted molar refractivity (Wildman–Crippen MR) is 27.7 cm³/mol. The molecule has 1 heterocycles. The summed E-state index contributed by atoms with van der Waals surface area (Å²) >= 11 is 0. The van der Waals surface area contributed by atoms with E-state index in [0.29, 0.717) is 0 Å². The van der Waals surface area contributed by atoms with E-state index in [0.717, 1.165) is 0 Å². The third-order valence-electron chi connectivity index (χ3n) is 1.40. The van der Waals surface area contributed by atoms with Gasteiger partial charge in [0.25, 0.3) is 0 Å². The Morgan fingerprint density at radius 2 is 2.33 bits per heavy atom. The summed E-state index contributed by atoms with van der Waals surface area (Å²) in [5, 5.41) is 17.2. The van der Waals surface area contributed by atoms with E-state index in [1.165, 1.54) is 0 Å². The molecule has 54 valence electrons. The maximum atomic E-state index is 12.3. The summed E-state index contributed by atoms with van der Waals surface area (Å²) in [6, 6.07) is 0. The van der Waals surface area contributed by atoms with E-state index in [-0.39, 0.29) is 13.2 Å². The van der Waals surface area contributed by atoms with Gasteiger partial charge < -0.3 is 14.9 Å². The van der Waals surface area contributed by atoms with Gasteiger partial charge in [-0.25, -0.2) is 4.39 Å². The van der Waals surface area contributed by atoms with Gasteiger partial charge in [-0.1, -0.05) is 0 Å². The summed E-state index contributed by atoms with van der Waals surface area (Å²) in [6.45, 7) is -0.423. The Hall–Kier alpha value is -0.190. The van der Waals surface area contributed by atoms with Crippen molar-refractivity contribution in [2.45, 2.75) is 18.4 Å². The number of halogens is 1. The Morgan fingerprint density at radius 1 is 1.67 bits per heavy atom. The standard InChI is InChI=1S/C5H9FO3/c6-3-2-9-4(1-7)5(3)8/h3-5,7-8H,1-2H2/t3?,4?,5-/m0/s1. The van der Waals surface area contributed by atoms with Crippen LogP contribution in [0.25, 0.3) is 0 Å². The minimum Gasteiger partial charge on any atom is -0.394 e. The van der Waals surface area contributed by atoms with Gasteiger partial charge in [-0.2, -0.15) is 0 Å². The average Bonchev–Trinajstić information content (AvgIpc) is 2.15. The van der Waals surface area contributed by atoms with Gasteiger partial charge in [0, 0.05) is 0 Å². The zero-order valence-corrected chi connectivity index (χ0v) is 4.83. The van der Waals surface area contributed by atoms with E-state index < -0.39 is 18.4 Å². The predicted octanol–water partition coefficient (Wildman–Crippen LogP) is -0.923. The van der Waals surface area contributed by atoms with E-state index in [1.54, 1.807) is 0 Å². The number of aliphatic hydroxyl groups excluding tert-OH is 2. The van der Waals surface area contributed by atoms with Crippen LogP contribution in [0.4, 0.5) is 4.39 Å². The molecule has 2 unspecified atom stereocenters. The van der Waals surface area contributed by atoms with Crippen LogP contribution in [0.2, 0.25) is 0 Å². The molecule has 4 heteroatoms. The largest absolute Gasteiger partial charge is 0.394 e. The molecule has 1 fully saturated rings. The maximum Gasteiger partial charge on any atom is 0.152 e. The fourth-order valence-electron chi connectivity index (χ4n) is 0.806. The number of hydrogen-bond acceptors (Lipinski definition) is 3. The van der Waals surface area contributed by atoms with Gasteiger partial charge in [-0.15, -0.1) is 0 Å². The molecule has 3 nitrogen and oxygen atoms in total. The van der Waals surface area contributed by atoms with Gasteiger partial charge in [0.05, 0.1) is 13.2 Å². The van der Waals surface area contributed by atoms with Crippen molar-refractivity contribution >= 4 is 0 Å². The first-order valence-electron chi connectivity index (χ1n) is 2.80. The van der Waals surface area contributed by atoms with Crippen molar-refractivity contribution in [3.05, 3.63) is 0 Å². The molecule has 0 bridgehead atoms. The lowest BCUT2D eigenvalue weighted by Crippen LogP contribution is -2.29. The van der Waals surface area contributed by atoms with Crippen molar-refractivity contribution in [2.75, 3.05) is 13.2 Å². The van der Waals surface area contributed by atoms with Gasteiger partial charge in [-0.05, 0) is 0 Å². The zero-order valence-electron chi connectivity index (χ0n) is 4.83. The van der Waals surface area contributed by atoms with Gasteiger partial charge in [0.15, 0.2) is 6.17 Å². The molecule has 2 N–H and O–H groups in total. The highest BCUT2D eigenvalue weighted by atomic mass is 19.1. The molecule has 0 amide bonds. The number of ether oxygens (including phenoxy) is 1. The summed E-state index contributed by atoms with van der Waals surface area (Å²) in [7, 11) is 0. The first kappa shape index (κ1) is 6.92. The average molecular weight is 136 g/mol.